The van der Waals surface area contributed by atoms with Gasteiger partial charge in [-0.3, -0.25) is 0 Å². The molecule has 0 aliphatic heterocycles. The minimum Gasteiger partial charge on any atom is -0.382 e. The molecule has 0 aromatic carbocycles. The Morgan fingerprint density at radius 1 is 1.31 bits per heavy atom. The highest BCUT2D eigenvalue weighted by molar-refractivity contribution is 7.92. The monoisotopic (exact) mass is 263 g/mol. The molecule has 0 amide bonds. The fraction of sp³-hybridized carbons (Fsp3) is 1.00. The van der Waals surface area contributed by atoms with Crippen molar-refractivity contribution < 1.29 is 26.7 Å². The lowest BCUT2D eigenvalue weighted by Crippen LogP contribution is -2.40. The highest BCUT2D eigenvalue weighted by atomic mass is 32.2. The summed E-state index contributed by atoms with van der Waals surface area (Å²) in [6.45, 7) is 2.20. The molecule has 98 valence electrons. The first-order chi connectivity index (χ1) is 7.07. The van der Waals surface area contributed by atoms with Gasteiger partial charge in [0.2, 0.25) is 0 Å². The molecule has 0 spiro atoms. The van der Waals surface area contributed by atoms with Gasteiger partial charge in [0.05, 0.1) is 11.0 Å². The van der Waals surface area contributed by atoms with Gasteiger partial charge in [-0.2, -0.15) is 13.2 Å². The number of hydrogen-bond donors (Lipinski definition) is 2. The van der Waals surface area contributed by atoms with Crippen LogP contribution in [-0.4, -0.2) is 49.9 Å². The minimum atomic E-state index is -4.68. The molecule has 0 saturated carbocycles. The van der Waals surface area contributed by atoms with Crippen molar-refractivity contribution in [3.63, 3.8) is 0 Å². The molecule has 0 aliphatic carbocycles. The molecule has 0 aromatic rings. The van der Waals surface area contributed by atoms with Gasteiger partial charge in [-0.1, -0.05) is 0 Å². The smallest absolute Gasteiger partial charge is 0.382 e. The van der Waals surface area contributed by atoms with Crippen LogP contribution in [0.2, 0.25) is 0 Å². The van der Waals surface area contributed by atoms with Gasteiger partial charge in [0.25, 0.3) is 0 Å². The Labute approximate surface area is 92.8 Å². The van der Waals surface area contributed by atoms with Gasteiger partial charge in [0.15, 0.2) is 15.9 Å². The second-order valence-electron chi connectivity index (χ2n) is 3.68. The maximum Gasteiger partial charge on any atom is 0.415 e. The Kier molecular flexibility index (Phi) is 5.71. The quantitative estimate of drug-likeness (QED) is 0.677. The summed E-state index contributed by atoms with van der Waals surface area (Å²) in [5.41, 5.74) is 0. The van der Waals surface area contributed by atoms with Crippen molar-refractivity contribution in [3.8, 4) is 0 Å². The Balaban J connectivity index is 3.87. The maximum atomic E-state index is 11.8. The molecule has 4 nitrogen and oxygen atoms in total. The van der Waals surface area contributed by atoms with E-state index in [1.165, 1.54) is 13.8 Å². The highest BCUT2D eigenvalue weighted by Crippen LogP contribution is 2.19. The summed E-state index contributed by atoms with van der Waals surface area (Å²) in [6.07, 6.45) is -7.14. The number of hydrogen-bond acceptors (Lipinski definition) is 4. The van der Waals surface area contributed by atoms with E-state index in [0.29, 0.717) is 0 Å². The number of halogens is 3. The Bertz CT molecular complexity index is 300. The third-order valence-electron chi connectivity index (χ3n) is 2.00. The predicted molar refractivity (Wildman–Crippen MR) is 53.9 cm³/mol. The van der Waals surface area contributed by atoms with Crippen LogP contribution in [0, 0.1) is 0 Å². The molecule has 0 heterocycles. The van der Waals surface area contributed by atoms with Crippen molar-refractivity contribution in [3.05, 3.63) is 0 Å². The molecule has 1 atom stereocenters. The molecule has 2 N–H and O–H groups in total. The topological polar surface area (TPSA) is 66.4 Å². The van der Waals surface area contributed by atoms with Crippen LogP contribution in [0.5, 0.6) is 0 Å². The number of alkyl halides is 3. The first kappa shape index (κ1) is 15.7. The van der Waals surface area contributed by atoms with Crippen LogP contribution in [0.4, 0.5) is 13.2 Å². The molecule has 0 rings (SSSR count). The molecule has 16 heavy (non-hydrogen) atoms. The van der Waals surface area contributed by atoms with Crippen LogP contribution in [0.1, 0.15) is 13.8 Å². The molecule has 0 radical (unpaired) electrons. The summed E-state index contributed by atoms with van der Waals surface area (Å²) in [4.78, 5) is 0. The van der Waals surface area contributed by atoms with Crippen molar-refractivity contribution in [2.75, 3.05) is 18.8 Å². The van der Waals surface area contributed by atoms with Crippen LogP contribution >= 0.6 is 0 Å². The van der Waals surface area contributed by atoms with Gasteiger partial charge in [-0.25, -0.2) is 8.42 Å². The van der Waals surface area contributed by atoms with Crippen LogP contribution in [-0.2, 0) is 9.84 Å². The number of aliphatic hydroxyl groups excluding tert-OH is 1. The van der Waals surface area contributed by atoms with Crippen LogP contribution in [0.25, 0.3) is 0 Å². The van der Waals surface area contributed by atoms with E-state index in [4.69, 9.17) is 5.11 Å². The molecule has 0 aliphatic rings. The average Bonchev–Trinajstić information content (AvgIpc) is 2.10. The van der Waals surface area contributed by atoms with E-state index in [2.05, 4.69) is 5.32 Å². The van der Waals surface area contributed by atoms with E-state index < -0.39 is 33.9 Å². The van der Waals surface area contributed by atoms with E-state index >= 15 is 0 Å². The zero-order valence-corrected chi connectivity index (χ0v) is 9.90. The summed E-state index contributed by atoms with van der Waals surface area (Å²) < 4.78 is 58.0. The second kappa shape index (κ2) is 5.83. The summed E-state index contributed by atoms with van der Waals surface area (Å²) in [5, 5.41) is 10.3. The molecular weight excluding hydrogens is 247 g/mol. The zero-order chi connectivity index (χ0) is 13.0. The maximum absolute atomic E-state index is 11.8. The first-order valence-electron chi connectivity index (χ1n) is 4.74. The predicted octanol–water partition coefficient (Wildman–Crippen LogP) is 0.322. The van der Waals surface area contributed by atoms with E-state index in [9.17, 15) is 21.6 Å². The van der Waals surface area contributed by atoms with Crippen LogP contribution < -0.4 is 5.32 Å². The molecule has 0 aromatic heterocycles. The summed E-state index contributed by atoms with van der Waals surface area (Å²) >= 11 is 0. The van der Waals surface area contributed by atoms with E-state index in [1.54, 1.807) is 0 Å². The number of nitrogens with one attached hydrogen (secondary N) is 1. The summed E-state index contributed by atoms with van der Waals surface area (Å²) in [6, 6.07) is 0. The average molecular weight is 263 g/mol. The highest BCUT2D eigenvalue weighted by Gasteiger charge is 2.37. The van der Waals surface area contributed by atoms with Gasteiger partial charge < -0.3 is 10.4 Å². The molecular formula is C8H16F3NO3S. The Morgan fingerprint density at radius 3 is 2.19 bits per heavy atom. The Hall–Kier alpha value is -0.340. The zero-order valence-electron chi connectivity index (χ0n) is 9.08. The van der Waals surface area contributed by atoms with Crippen molar-refractivity contribution in [1.82, 2.24) is 5.32 Å². The number of rotatable bonds is 6. The lowest BCUT2D eigenvalue weighted by atomic mass is 10.3. The van der Waals surface area contributed by atoms with E-state index in [-0.39, 0.29) is 12.3 Å². The molecule has 0 bridgehead atoms. The van der Waals surface area contributed by atoms with Gasteiger partial charge in [-0.05, 0) is 13.8 Å². The van der Waals surface area contributed by atoms with Crippen molar-refractivity contribution in [1.29, 1.82) is 0 Å². The van der Waals surface area contributed by atoms with Gasteiger partial charge in [0.1, 0.15) is 0 Å². The Morgan fingerprint density at radius 2 is 1.81 bits per heavy atom. The number of aliphatic hydroxyl groups is 1. The molecule has 1 unspecified atom stereocenters. The lowest BCUT2D eigenvalue weighted by molar-refractivity contribution is -0.201. The fourth-order valence-corrected chi connectivity index (χ4v) is 1.70. The largest absolute Gasteiger partial charge is 0.415 e. The second-order valence-corrected chi connectivity index (χ2v) is 6.35. The third-order valence-corrected chi connectivity index (χ3v) is 4.21. The first-order valence-corrected chi connectivity index (χ1v) is 6.46. The van der Waals surface area contributed by atoms with Gasteiger partial charge in [0, 0.05) is 13.1 Å². The standard InChI is InChI=1S/C8H16F3NO3S/c1-6(2)16(14,15)4-3-12-5-7(13)8(9,10)11/h6-7,12-13H,3-5H2,1-2H3. The lowest BCUT2D eigenvalue weighted by Gasteiger charge is -2.15. The van der Waals surface area contributed by atoms with Crippen molar-refractivity contribution in [2.24, 2.45) is 0 Å². The van der Waals surface area contributed by atoms with Crippen molar-refractivity contribution in [2.45, 2.75) is 31.4 Å². The van der Waals surface area contributed by atoms with Gasteiger partial charge >= 0.3 is 6.18 Å². The summed E-state index contributed by atoms with van der Waals surface area (Å²) in [7, 11) is -3.26. The van der Waals surface area contributed by atoms with E-state index in [1.807, 2.05) is 0 Å². The molecule has 0 saturated heterocycles. The summed E-state index contributed by atoms with van der Waals surface area (Å²) in [5.74, 6) is -0.241. The normalized spacial score (nSPS) is 15.4. The van der Waals surface area contributed by atoms with Crippen LogP contribution in [0.15, 0.2) is 0 Å². The SMILES string of the molecule is CC(C)S(=O)(=O)CCNCC(O)C(F)(F)F. The minimum absolute atomic E-state index is 0.104. The van der Waals surface area contributed by atoms with Gasteiger partial charge in [-0.15, -0.1) is 0 Å². The van der Waals surface area contributed by atoms with Crippen molar-refractivity contribution >= 4 is 9.84 Å². The van der Waals surface area contributed by atoms with Crippen LogP contribution in [0.3, 0.4) is 0 Å². The third kappa shape index (κ3) is 5.66. The molecule has 0 fully saturated rings. The number of sulfone groups is 1. The van der Waals surface area contributed by atoms with E-state index in [0.717, 1.165) is 0 Å². The fourth-order valence-electron chi connectivity index (χ4n) is 0.805. The molecule has 8 heteroatoms.